The van der Waals surface area contributed by atoms with Crippen molar-refractivity contribution in [2.45, 2.75) is 44.8 Å². The van der Waals surface area contributed by atoms with E-state index in [9.17, 15) is 0 Å². The average Bonchev–Trinajstić information content (AvgIpc) is 3.15. The third-order valence-electron chi connectivity index (χ3n) is 7.15. The number of fused-ring (bicyclic) bond motifs is 4. The molecule has 2 bridgehead atoms. The van der Waals surface area contributed by atoms with Crippen LogP contribution in [-0.4, -0.2) is 48.8 Å². The summed E-state index contributed by atoms with van der Waals surface area (Å²) in [6.45, 7) is 6.01. The Bertz CT molecular complexity index is 1130. The van der Waals surface area contributed by atoms with Gasteiger partial charge in [0.05, 0.1) is 19.3 Å². The van der Waals surface area contributed by atoms with Gasteiger partial charge in [0.25, 0.3) is 0 Å². The number of piperazine rings is 1. The molecule has 2 aromatic carbocycles. The van der Waals surface area contributed by atoms with Crippen LogP contribution in [0.1, 0.15) is 29.7 Å². The lowest BCUT2D eigenvalue weighted by Crippen LogP contribution is -2.52. The monoisotopic (exact) mass is 415 g/mol. The van der Waals surface area contributed by atoms with E-state index in [1.165, 1.54) is 40.4 Å². The molecule has 3 aliphatic heterocycles. The van der Waals surface area contributed by atoms with Gasteiger partial charge < -0.3 is 19.9 Å². The van der Waals surface area contributed by atoms with Gasteiger partial charge in [-0.15, -0.1) is 0 Å². The summed E-state index contributed by atoms with van der Waals surface area (Å²) in [4.78, 5) is 14.6. The number of hydrogen-bond acceptors (Lipinski definition) is 6. The number of benzene rings is 2. The Morgan fingerprint density at radius 2 is 1.77 bits per heavy atom. The first-order chi connectivity index (χ1) is 15.2. The molecule has 6 rings (SSSR count). The van der Waals surface area contributed by atoms with Crippen molar-refractivity contribution in [1.29, 1.82) is 0 Å². The number of ether oxygens (including phenoxy) is 1. The van der Waals surface area contributed by atoms with E-state index in [-0.39, 0.29) is 0 Å². The Balaban J connectivity index is 1.38. The molecule has 0 unspecified atom stereocenters. The molecule has 2 fully saturated rings. The van der Waals surface area contributed by atoms with E-state index in [0.29, 0.717) is 18.1 Å². The lowest BCUT2D eigenvalue weighted by Gasteiger charge is -2.37. The maximum Gasteiger partial charge on any atom is 0.318 e. The molecule has 2 atom stereocenters. The van der Waals surface area contributed by atoms with Crippen LogP contribution in [-0.2, 0) is 13.0 Å². The molecule has 1 N–H and O–H groups in total. The smallest absolute Gasteiger partial charge is 0.318 e. The molecule has 0 saturated carbocycles. The number of methoxy groups -OCH3 is 1. The molecule has 4 heterocycles. The second-order valence-corrected chi connectivity index (χ2v) is 9.12. The number of anilines is 2. The lowest BCUT2D eigenvalue weighted by molar-refractivity contribution is 0.374. The Kier molecular flexibility index (Phi) is 4.49. The molecule has 0 aliphatic carbocycles. The molecule has 6 nitrogen and oxygen atoms in total. The predicted molar refractivity (Wildman–Crippen MR) is 124 cm³/mol. The molecule has 6 heteroatoms. The minimum Gasteiger partial charge on any atom is -0.467 e. The molecule has 0 radical (unpaired) electrons. The number of nitrogens with zero attached hydrogens (tertiary/aromatic N) is 4. The zero-order valence-corrected chi connectivity index (χ0v) is 18.3. The van der Waals surface area contributed by atoms with E-state index < -0.39 is 0 Å². The highest BCUT2D eigenvalue weighted by Crippen LogP contribution is 2.36. The van der Waals surface area contributed by atoms with Crippen molar-refractivity contribution in [2.24, 2.45) is 0 Å². The van der Waals surface area contributed by atoms with Gasteiger partial charge in [-0.2, -0.15) is 9.97 Å². The van der Waals surface area contributed by atoms with E-state index in [1.54, 1.807) is 7.11 Å². The van der Waals surface area contributed by atoms with Crippen LogP contribution in [0, 0.1) is 6.92 Å². The maximum absolute atomic E-state index is 5.53. The normalized spacial score (nSPS) is 22.6. The first-order valence-electron chi connectivity index (χ1n) is 11.4. The van der Waals surface area contributed by atoms with Crippen LogP contribution in [0.3, 0.4) is 0 Å². The molecule has 3 aliphatic rings. The van der Waals surface area contributed by atoms with Crippen LogP contribution < -0.4 is 19.9 Å². The zero-order chi connectivity index (χ0) is 20.9. The topological polar surface area (TPSA) is 53.5 Å². The molecule has 1 aromatic heterocycles. The van der Waals surface area contributed by atoms with Gasteiger partial charge in [-0.05, 0) is 43.2 Å². The van der Waals surface area contributed by atoms with Crippen molar-refractivity contribution < 1.29 is 4.74 Å². The number of aromatic nitrogens is 2. The summed E-state index contributed by atoms with van der Waals surface area (Å²) in [5.41, 5.74) is 5.01. The largest absolute Gasteiger partial charge is 0.467 e. The summed E-state index contributed by atoms with van der Waals surface area (Å²) in [5, 5.41) is 6.36. The Labute approximate surface area is 183 Å². The SMILES string of the molecule is COc1nc2c(c(N3C[C@H]4CC[C@@H](C3)N4)n1)CCN(c1cccc3cccc(C)c13)C2. The summed E-state index contributed by atoms with van der Waals surface area (Å²) in [6, 6.07) is 14.8. The predicted octanol–water partition coefficient (Wildman–Crippen LogP) is 3.45. The molecule has 0 amide bonds. The minimum atomic E-state index is 0.482. The molecular weight excluding hydrogens is 386 g/mol. The summed E-state index contributed by atoms with van der Waals surface area (Å²) >= 11 is 0. The molecule has 2 saturated heterocycles. The molecule has 0 spiro atoms. The van der Waals surface area contributed by atoms with Gasteiger partial charge in [0.15, 0.2) is 0 Å². The fraction of sp³-hybridized carbons (Fsp3) is 0.440. The second-order valence-electron chi connectivity index (χ2n) is 9.12. The van der Waals surface area contributed by atoms with E-state index in [4.69, 9.17) is 14.7 Å². The van der Waals surface area contributed by atoms with Crippen LogP contribution in [0.15, 0.2) is 36.4 Å². The number of rotatable bonds is 3. The molecule has 31 heavy (non-hydrogen) atoms. The van der Waals surface area contributed by atoms with Gasteiger partial charge >= 0.3 is 6.01 Å². The summed E-state index contributed by atoms with van der Waals surface area (Å²) in [7, 11) is 1.67. The molecule has 160 valence electrons. The van der Waals surface area contributed by atoms with E-state index >= 15 is 0 Å². The third-order valence-corrected chi connectivity index (χ3v) is 7.15. The Morgan fingerprint density at radius 3 is 2.55 bits per heavy atom. The third kappa shape index (κ3) is 3.21. The lowest BCUT2D eigenvalue weighted by atomic mass is 9.99. The standard InChI is InChI=1S/C25H29N5O/c1-16-5-3-6-17-7-4-8-22(23(16)17)29-12-11-20-21(15-29)27-25(31-2)28-24(20)30-13-18-9-10-19(14-30)26-18/h3-8,18-19,26H,9-15H2,1-2H3/t18-,19+. The van der Waals surface area contributed by atoms with Crippen LogP contribution in [0.4, 0.5) is 11.5 Å². The van der Waals surface area contributed by atoms with Crippen molar-refractivity contribution in [1.82, 2.24) is 15.3 Å². The van der Waals surface area contributed by atoms with Crippen molar-refractivity contribution in [3.8, 4) is 6.01 Å². The highest BCUT2D eigenvalue weighted by Gasteiger charge is 2.35. The fourth-order valence-corrected chi connectivity index (χ4v) is 5.69. The summed E-state index contributed by atoms with van der Waals surface area (Å²) < 4.78 is 5.53. The van der Waals surface area contributed by atoms with Crippen molar-refractivity contribution in [2.75, 3.05) is 36.5 Å². The number of nitrogens with one attached hydrogen (secondary N) is 1. The van der Waals surface area contributed by atoms with Gasteiger partial charge in [0.2, 0.25) is 0 Å². The van der Waals surface area contributed by atoms with Gasteiger partial charge in [0, 0.05) is 48.4 Å². The summed E-state index contributed by atoms with van der Waals surface area (Å²) in [6.07, 6.45) is 3.48. The average molecular weight is 416 g/mol. The minimum absolute atomic E-state index is 0.482. The van der Waals surface area contributed by atoms with Gasteiger partial charge in [-0.25, -0.2) is 0 Å². The summed E-state index contributed by atoms with van der Waals surface area (Å²) in [5.74, 6) is 1.09. The van der Waals surface area contributed by atoms with Crippen molar-refractivity contribution >= 4 is 22.3 Å². The first-order valence-corrected chi connectivity index (χ1v) is 11.4. The van der Waals surface area contributed by atoms with E-state index in [2.05, 4.69) is 58.4 Å². The Hall–Kier alpha value is -2.86. The number of hydrogen-bond donors (Lipinski definition) is 1. The fourth-order valence-electron chi connectivity index (χ4n) is 5.69. The van der Waals surface area contributed by atoms with Crippen molar-refractivity contribution in [3.63, 3.8) is 0 Å². The van der Waals surface area contributed by atoms with Crippen LogP contribution >= 0.6 is 0 Å². The number of aryl methyl sites for hydroxylation is 1. The van der Waals surface area contributed by atoms with Gasteiger partial charge in [-0.1, -0.05) is 30.3 Å². The highest BCUT2D eigenvalue weighted by molar-refractivity contribution is 5.97. The second kappa shape index (κ2) is 7.38. The van der Waals surface area contributed by atoms with E-state index in [0.717, 1.165) is 44.1 Å². The molecule has 3 aromatic rings. The quantitative estimate of drug-likeness (QED) is 0.707. The first kappa shape index (κ1) is 18.9. The zero-order valence-electron chi connectivity index (χ0n) is 18.3. The van der Waals surface area contributed by atoms with Crippen LogP contribution in [0.2, 0.25) is 0 Å². The van der Waals surface area contributed by atoms with Crippen LogP contribution in [0.25, 0.3) is 10.8 Å². The van der Waals surface area contributed by atoms with E-state index in [1.807, 2.05) is 0 Å². The van der Waals surface area contributed by atoms with Gasteiger partial charge in [-0.3, -0.25) is 0 Å². The molecular formula is C25H29N5O. The maximum atomic E-state index is 5.53. The van der Waals surface area contributed by atoms with Crippen molar-refractivity contribution in [3.05, 3.63) is 53.2 Å². The Morgan fingerprint density at radius 1 is 1.00 bits per heavy atom. The van der Waals surface area contributed by atoms with Crippen LogP contribution in [0.5, 0.6) is 6.01 Å². The van der Waals surface area contributed by atoms with Gasteiger partial charge in [0.1, 0.15) is 5.82 Å². The highest BCUT2D eigenvalue weighted by atomic mass is 16.5.